The first-order valence-corrected chi connectivity index (χ1v) is 3.25. The van der Waals surface area contributed by atoms with Crippen molar-refractivity contribution in [3.05, 3.63) is 29.3 Å². The lowest BCUT2D eigenvalue weighted by molar-refractivity contribution is 0.471. The second-order valence-corrected chi connectivity index (χ2v) is 2.41. The lowest BCUT2D eigenvalue weighted by atomic mass is 10.1. The van der Waals surface area contributed by atoms with Gasteiger partial charge in [0.25, 0.3) is 0 Å². The van der Waals surface area contributed by atoms with Gasteiger partial charge in [0.2, 0.25) is 0 Å². The van der Waals surface area contributed by atoms with E-state index in [9.17, 15) is 0 Å². The van der Waals surface area contributed by atoms with Gasteiger partial charge in [-0.2, -0.15) is 0 Å². The number of phenols is 1. The first-order valence-electron chi connectivity index (χ1n) is 3.25. The molecule has 3 heteroatoms. The van der Waals surface area contributed by atoms with Crippen LogP contribution in [0.15, 0.2) is 18.2 Å². The molecule has 1 rings (SSSR count). The van der Waals surface area contributed by atoms with Crippen LogP contribution >= 0.6 is 0 Å². The zero-order valence-electron chi connectivity index (χ0n) is 6.26. The maximum Gasteiger partial charge on any atom is 0.122 e. The molecule has 0 saturated carbocycles. The monoisotopic (exact) mass is 150 g/mol. The number of phenolic OH excluding ortho intramolecular Hbond substituents is 1. The molecule has 0 aliphatic carbocycles. The number of aryl methyl sites for hydroxylation is 1. The molecule has 0 aliphatic rings. The van der Waals surface area contributed by atoms with Crippen molar-refractivity contribution in [1.82, 2.24) is 0 Å². The highest BCUT2D eigenvalue weighted by Gasteiger charge is 1.98. The van der Waals surface area contributed by atoms with Gasteiger partial charge in [0.15, 0.2) is 0 Å². The topological polar surface area (TPSA) is 70.1 Å². The number of rotatable bonds is 1. The van der Waals surface area contributed by atoms with Crippen LogP contribution in [0.1, 0.15) is 11.1 Å². The van der Waals surface area contributed by atoms with Crippen molar-refractivity contribution in [2.75, 3.05) is 0 Å². The zero-order valence-corrected chi connectivity index (χ0v) is 6.26. The summed E-state index contributed by atoms with van der Waals surface area (Å²) in [6.45, 7) is 1.77. The van der Waals surface area contributed by atoms with Crippen molar-refractivity contribution < 1.29 is 5.11 Å². The highest BCUT2D eigenvalue weighted by atomic mass is 16.3. The van der Waals surface area contributed by atoms with Crippen molar-refractivity contribution >= 4 is 5.84 Å². The molecule has 0 radical (unpaired) electrons. The van der Waals surface area contributed by atoms with Gasteiger partial charge in [-0.3, -0.25) is 5.41 Å². The molecular weight excluding hydrogens is 140 g/mol. The molecule has 0 saturated heterocycles. The van der Waals surface area contributed by atoms with Crippen LogP contribution in [0.4, 0.5) is 0 Å². The second-order valence-electron chi connectivity index (χ2n) is 2.41. The molecule has 58 valence electrons. The fourth-order valence-electron chi connectivity index (χ4n) is 0.823. The molecule has 0 aliphatic heterocycles. The highest BCUT2D eigenvalue weighted by molar-refractivity contribution is 5.95. The average Bonchev–Trinajstić information content (AvgIpc) is 1.94. The number of nitrogens with two attached hydrogens (primary N) is 1. The predicted molar refractivity (Wildman–Crippen MR) is 43.9 cm³/mol. The van der Waals surface area contributed by atoms with Gasteiger partial charge in [0, 0.05) is 5.56 Å². The third-order valence-electron chi connectivity index (χ3n) is 1.51. The van der Waals surface area contributed by atoms with Crippen molar-refractivity contribution in [1.29, 1.82) is 5.41 Å². The highest BCUT2D eigenvalue weighted by Crippen LogP contribution is 2.16. The molecule has 4 N–H and O–H groups in total. The summed E-state index contributed by atoms with van der Waals surface area (Å²) >= 11 is 0. The first kappa shape index (κ1) is 7.60. The molecule has 1 aromatic rings. The van der Waals surface area contributed by atoms with Gasteiger partial charge in [0.1, 0.15) is 11.6 Å². The van der Waals surface area contributed by atoms with Crippen LogP contribution in [0, 0.1) is 12.3 Å². The van der Waals surface area contributed by atoms with Gasteiger partial charge in [-0.1, -0.05) is 0 Å². The van der Waals surface area contributed by atoms with Gasteiger partial charge < -0.3 is 10.8 Å². The Bertz CT molecular complexity index is 294. The van der Waals surface area contributed by atoms with E-state index in [0.29, 0.717) is 5.56 Å². The van der Waals surface area contributed by atoms with Gasteiger partial charge >= 0.3 is 0 Å². The zero-order chi connectivity index (χ0) is 8.43. The average molecular weight is 150 g/mol. The number of nitrogens with one attached hydrogen (secondary N) is 1. The second kappa shape index (κ2) is 2.62. The standard InChI is InChI=1S/C8H10N2O/c1-5-4-6(8(9)10)2-3-7(5)11/h2-4,11H,1H3,(H3,9,10). The summed E-state index contributed by atoms with van der Waals surface area (Å²) in [6.07, 6.45) is 0. The number of amidine groups is 1. The van der Waals surface area contributed by atoms with Crippen LogP contribution in [0.2, 0.25) is 0 Å². The van der Waals surface area contributed by atoms with Gasteiger partial charge in [-0.25, -0.2) is 0 Å². The van der Waals surface area contributed by atoms with E-state index in [0.717, 1.165) is 5.56 Å². The van der Waals surface area contributed by atoms with E-state index < -0.39 is 0 Å². The Labute approximate surface area is 65.0 Å². The SMILES string of the molecule is Cc1cc(C(=N)N)ccc1O. The molecule has 0 spiro atoms. The summed E-state index contributed by atoms with van der Waals surface area (Å²) in [6, 6.07) is 4.83. The van der Waals surface area contributed by atoms with Gasteiger partial charge in [-0.05, 0) is 30.7 Å². The summed E-state index contributed by atoms with van der Waals surface area (Å²) in [7, 11) is 0. The third kappa shape index (κ3) is 1.49. The number of hydrogen-bond donors (Lipinski definition) is 3. The Balaban J connectivity index is 3.15. The molecule has 0 aromatic heterocycles. The molecule has 0 heterocycles. The fraction of sp³-hybridized carbons (Fsp3) is 0.125. The molecule has 0 unspecified atom stereocenters. The molecule has 1 aromatic carbocycles. The number of nitrogen functional groups attached to an aromatic ring is 1. The van der Waals surface area contributed by atoms with E-state index in [2.05, 4.69) is 0 Å². The van der Waals surface area contributed by atoms with Crippen LogP contribution in [0.3, 0.4) is 0 Å². The van der Waals surface area contributed by atoms with Crippen molar-refractivity contribution in [2.24, 2.45) is 5.73 Å². The number of benzene rings is 1. The third-order valence-corrected chi connectivity index (χ3v) is 1.51. The van der Waals surface area contributed by atoms with E-state index in [1.165, 1.54) is 6.07 Å². The molecule has 0 atom stereocenters. The number of aromatic hydroxyl groups is 1. The molecule has 0 bridgehead atoms. The Morgan fingerprint density at radius 1 is 1.55 bits per heavy atom. The van der Waals surface area contributed by atoms with Crippen LogP contribution in [0.5, 0.6) is 5.75 Å². The molecular formula is C8H10N2O. The van der Waals surface area contributed by atoms with Crippen molar-refractivity contribution in [3.63, 3.8) is 0 Å². The quantitative estimate of drug-likeness (QED) is 0.412. The van der Waals surface area contributed by atoms with E-state index in [1.54, 1.807) is 19.1 Å². The lowest BCUT2D eigenvalue weighted by Gasteiger charge is -2.01. The summed E-state index contributed by atoms with van der Waals surface area (Å²) in [5, 5.41) is 16.2. The van der Waals surface area contributed by atoms with Crippen LogP contribution in [-0.4, -0.2) is 10.9 Å². The molecule has 0 amide bonds. The fourth-order valence-corrected chi connectivity index (χ4v) is 0.823. The first-order chi connectivity index (χ1) is 5.11. The smallest absolute Gasteiger partial charge is 0.122 e. The largest absolute Gasteiger partial charge is 0.508 e. The summed E-state index contributed by atoms with van der Waals surface area (Å²) < 4.78 is 0. The maximum atomic E-state index is 9.11. The predicted octanol–water partition coefficient (Wildman–Crippen LogP) is 0.985. The van der Waals surface area contributed by atoms with E-state index in [-0.39, 0.29) is 11.6 Å². The van der Waals surface area contributed by atoms with Crippen LogP contribution < -0.4 is 5.73 Å². The van der Waals surface area contributed by atoms with E-state index in [4.69, 9.17) is 16.2 Å². The van der Waals surface area contributed by atoms with Crippen molar-refractivity contribution in [2.45, 2.75) is 6.92 Å². The Kier molecular flexibility index (Phi) is 1.81. The van der Waals surface area contributed by atoms with Crippen LogP contribution in [-0.2, 0) is 0 Å². The lowest BCUT2D eigenvalue weighted by Crippen LogP contribution is -2.10. The van der Waals surface area contributed by atoms with Crippen molar-refractivity contribution in [3.8, 4) is 5.75 Å². The maximum absolute atomic E-state index is 9.11. The van der Waals surface area contributed by atoms with E-state index in [1.807, 2.05) is 0 Å². The van der Waals surface area contributed by atoms with Crippen LogP contribution in [0.25, 0.3) is 0 Å². The Hall–Kier alpha value is -1.51. The molecule has 11 heavy (non-hydrogen) atoms. The Morgan fingerprint density at radius 2 is 2.18 bits per heavy atom. The number of hydrogen-bond acceptors (Lipinski definition) is 2. The minimum absolute atomic E-state index is 0.0214. The summed E-state index contributed by atoms with van der Waals surface area (Å²) in [5.41, 5.74) is 6.61. The minimum Gasteiger partial charge on any atom is -0.508 e. The summed E-state index contributed by atoms with van der Waals surface area (Å²) in [4.78, 5) is 0. The van der Waals surface area contributed by atoms with Gasteiger partial charge in [-0.15, -0.1) is 0 Å². The normalized spacial score (nSPS) is 9.55. The summed E-state index contributed by atoms with van der Waals surface area (Å²) in [5.74, 6) is 0.253. The van der Waals surface area contributed by atoms with Gasteiger partial charge in [0.05, 0.1) is 0 Å². The Morgan fingerprint density at radius 3 is 2.64 bits per heavy atom. The minimum atomic E-state index is 0.0214. The molecule has 0 fully saturated rings. The van der Waals surface area contributed by atoms with E-state index >= 15 is 0 Å². The molecule has 3 nitrogen and oxygen atoms in total.